The molecule has 0 radical (unpaired) electrons. The molecule has 0 bridgehead atoms. The molecule has 0 spiro atoms. The van der Waals surface area contributed by atoms with E-state index in [0.717, 1.165) is 12.8 Å². The number of aromatic nitrogens is 1. The summed E-state index contributed by atoms with van der Waals surface area (Å²) >= 11 is 5.77. The zero-order valence-electron chi connectivity index (χ0n) is 9.93. The molecule has 0 aromatic carbocycles. The Kier molecular flexibility index (Phi) is 3.98. The summed E-state index contributed by atoms with van der Waals surface area (Å²) in [6.07, 6.45) is 1.75. The lowest BCUT2D eigenvalue weighted by Crippen LogP contribution is -2.33. The maximum absolute atomic E-state index is 10.9. The average Bonchev–Trinajstić information content (AvgIpc) is 2.28. The predicted molar refractivity (Wildman–Crippen MR) is 68.0 cm³/mol. The van der Waals surface area contributed by atoms with E-state index in [0.29, 0.717) is 6.61 Å². The monoisotopic (exact) mass is 271 g/mol. The molecule has 1 N–H and O–H groups in total. The summed E-state index contributed by atoms with van der Waals surface area (Å²) in [5.41, 5.74) is -0.0569. The van der Waals surface area contributed by atoms with Gasteiger partial charge in [-0.15, -0.1) is 0 Å². The summed E-state index contributed by atoms with van der Waals surface area (Å²) in [4.78, 5) is 14.4. The van der Waals surface area contributed by atoms with Crippen LogP contribution < -0.4 is 5.32 Å². The smallest absolute Gasteiger partial charge is 0.311 e. The first-order valence-corrected chi connectivity index (χ1v) is 6.13. The Morgan fingerprint density at radius 1 is 1.61 bits per heavy atom. The fourth-order valence-corrected chi connectivity index (χ4v) is 2.15. The van der Waals surface area contributed by atoms with Gasteiger partial charge in [0.1, 0.15) is 5.15 Å². The third-order valence-electron chi connectivity index (χ3n) is 2.86. The summed E-state index contributed by atoms with van der Waals surface area (Å²) in [7, 11) is 0. The third kappa shape index (κ3) is 3.08. The normalized spacial score (nSPS) is 23.7. The summed E-state index contributed by atoms with van der Waals surface area (Å²) < 4.78 is 5.43. The molecule has 2 rings (SSSR count). The Hall–Kier alpha value is -1.40. The second-order valence-corrected chi connectivity index (χ2v) is 4.69. The molecule has 1 aliphatic rings. The zero-order valence-corrected chi connectivity index (χ0v) is 10.7. The highest BCUT2D eigenvalue weighted by molar-refractivity contribution is 6.29. The third-order valence-corrected chi connectivity index (χ3v) is 3.07. The molecule has 2 unspecified atom stereocenters. The van der Waals surface area contributed by atoms with Gasteiger partial charge in [0.2, 0.25) is 5.82 Å². The molecule has 1 aromatic heterocycles. The molecule has 2 atom stereocenters. The first kappa shape index (κ1) is 13.0. The molecule has 2 heterocycles. The standard InChI is InChI=1S/C11H14ClN3O3/c1-7-6-8(4-5-18-7)13-11-9(15(16)17)2-3-10(12)14-11/h2-3,7-8H,4-6H2,1H3,(H,13,14). The summed E-state index contributed by atoms with van der Waals surface area (Å²) in [5, 5.41) is 14.2. The van der Waals surface area contributed by atoms with Crippen LogP contribution >= 0.6 is 11.6 Å². The molecule has 1 aliphatic heterocycles. The lowest BCUT2D eigenvalue weighted by atomic mass is 10.0. The van der Waals surface area contributed by atoms with Crippen LogP contribution in [0.25, 0.3) is 0 Å². The van der Waals surface area contributed by atoms with Gasteiger partial charge in [0, 0.05) is 18.7 Å². The minimum atomic E-state index is -0.464. The molecule has 18 heavy (non-hydrogen) atoms. The molecule has 6 nitrogen and oxygen atoms in total. The van der Waals surface area contributed by atoms with E-state index in [2.05, 4.69) is 10.3 Å². The number of rotatable bonds is 3. The number of hydrogen-bond donors (Lipinski definition) is 1. The lowest BCUT2D eigenvalue weighted by Gasteiger charge is -2.28. The molecule has 1 saturated heterocycles. The maximum atomic E-state index is 10.9. The number of nitrogens with zero attached hydrogens (tertiary/aromatic N) is 2. The van der Waals surface area contributed by atoms with Gasteiger partial charge in [-0.3, -0.25) is 10.1 Å². The van der Waals surface area contributed by atoms with Crippen LogP contribution in [0, 0.1) is 10.1 Å². The molecular formula is C11H14ClN3O3. The van der Waals surface area contributed by atoms with E-state index in [4.69, 9.17) is 16.3 Å². The van der Waals surface area contributed by atoms with Crippen molar-refractivity contribution in [2.45, 2.75) is 31.9 Å². The number of hydrogen-bond acceptors (Lipinski definition) is 5. The molecule has 7 heteroatoms. The molecule has 0 aliphatic carbocycles. The van der Waals surface area contributed by atoms with E-state index in [1.165, 1.54) is 12.1 Å². The van der Waals surface area contributed by atoms with Crippen molar-refractivity contribution in [2.75, 3.05) is 11.9 Å². The van der Waals surface area contributed by atoms with Gasteiger partial charge in [-0.25, -0.2) is 4.98 Å². The second kappa shape index (κ2) is 5.49. The molecule has 0 amide bonds. The Balaban J connectivity index is 2.16. The van der Waals surface area contributed by atoms with Crippen molar-refractivity contribution < 1.29 is 9.66 Å². The van der Waals surface area contributed by atoms with Gasteiger partial charge in [0.15, 0.2) is 0 Å². The van der Waals surface area contributed by atoms with Crippen LogP contribution in [0.3, 0.4) is 0 Å². The Morgan fingerprint density at radius 3 is 3.06 bits per heavy atom. The van der Waals surface area contributed by atoms with Gasteiger partial charge in [-0.05, 0) is 25.8 Å². The Morgan fingerprint density at radius 2 is 2.39 bits per heavy atom. The summed E-state index contributed by atoms with van der Waals surface area (Å²) in [6.45, 7) is 2.63. The average molecular weight is 272 g/mol. The minimum Gasteiger partial charge on any atom is -0.378 e. The van der Waals surface area contributed by atoms with Gasteiger partial charge in [0.05, 0.1) is 11.0 Å². The summed E-state index contributed by atoms with van der Waals surface area (Å²) in [5.74, 6) is 0.228. The lowest BCUT2D eigenvalue weighted by molar-refractivity contribution is -0.384. The van der Waals surface area contributed by atoms with E-state index in [9.17, 15) is 10.1 Å². The first-order chi connectivity index (χ1) is 8.56. The van der Waals surface area contributed by atoms with Crippen LogP contribution in [0.5, 0.6) is 0 Å². The highest BCUT2D eigenvalue weighted by Crippen LogP contribution is 2.26. The van der Waals surface area contributed by atoms with Gasteiger partial charge < -0.3 is 10.1 Å². The van der Waals surface area contributed by atoms with Crippen molar-refractivity contribution in [3.8, 4) is 0 Å². The Labute approximate surface area is 109 Å². The van der Waals surface area contributed by atoms with Crippen molar-refractivity contribution >= 4 is 23.1 Å². The van der Waals surface area contributed by atoms with Crippen molar-refractivity contribution in [2.24, 2.45) is 0 Å². The molecule has 1 fully saturated rings. The van der Waals surface area contributed by atoms with E-state index in [1.54, 1.807) is 0 Å². The van der Waals surface area contributed by atoms with Gasteiger partial charge >= 0.3 is 5.69 Å². The van der Waals surface area contributed by atoms with Crippen molar-refractivity contribution in [1.82, 2.24) is 4.98 Å². The van der Waals surface area contributed by atoms with E-state index >= 15 is 0 Å². The van der Waals surface area contributed by atoms with Crippen molar-refractivity contribution in [3.05, 3.63) is 27.4 Å². The quantitative estimate of drug-likeness (QED) is 0.519. The fraction of sp³-hybridized carbons (Fsp3) is 0.545. The number of nitro groups is 1. The fourth-order valence-electron chi connectivity index (χ4n) is 2.00. The largest absolute Gasteiger partial charge is 0.378 e. The van der Waals surface area contributed by atoms with Gasteiger partial charge in [-0.1, -0.05) is 11.6 Å². The van der Waals surface area contributed by atoms with Crippen LogP contribution in [0.4, 0.5) is 11.5 Å². The van der Waals surface area contributed by atoms with Crippen molar-refractivity contribution in [1.29, 1.82) is 0 Å². The van der Waals surface area contributed by atoms with Crippen LogP contribution in [0.2, 0.25) is 5.15 Å². The van der Waals surface area contributed by atoms with Crippen LogP contribution in [0.15, 0.2) is 12.1 Å². The predicted octanol–water partition coefficient (Wildman–Crippen LogP) is 2.62. The first-order valence-electron chi connectivity index (χ1n) is 5.75. The highest BCUT2D eigenvalue weighted by Gasteiger charge is 2.23. The molecule has 0 saturated carbocycles. The van der Waals surface area contributed by atoms with Crippen LogP contribution in [0.1, 0.15) is 19.8 Å². The van der Waals surface area contributed by atoms with Gasteiger partial charge in [-0.2, -0.15) is 0 Å². The molecular weight excluding hydrogens is 258 g/mol. The molecule has 98 valence electrons. The summed E-state index contributed by atoms with van der Waals surface area (Å²) in [6, 6.07) is 2.90. The minimum absolute atomic E-state index is 0.0569. The number of nitrogens with one attached hydrogen (secondary N) is 1. The van der Waals surface area contributed by atoms with Crippen LogP contribution in [-0.4, -0.2) is 28.7 Å². The zero-order chi connectivity index (χ0) is 13.1. The second-order valence-electron chi connectivity index (χ2n) is 4.31. The SMILES string of the molecule is CC1CC(Nc2nc(Cl)ccc2[N+](=O)[O-])CCO1. The highest BCUT2D eigenvalue weighted by atomic mass is 35.5. The van der Waals surface area contributed by atoms with E-state index in [-0.39, 0.29) is 28.8 Å². The topological polar surface area (TPSA) is 77.3 Å². The van der Waals surface area contributed by atoms with Crippen LogP contribution in [-0.2, 0) is 4.74 Å². The number of halogens is 1. The van der Waals surface area contributed by atoms with E-state index in [1.807, 2.05) is 6.92 Å². The molecule has 1 aromatic rings. The van der Waals surface area contributed by atoms with Gasteiger partial charge in [0.25, 0.3) is 0 Å². The number of pyridine rings is 1. The van der Waals surface area contributed by atoms with Crippen molar-refractivity contribution in [3.63, 3.8) is 0 Å². The number of ether oxygens (including phenoxy) is 1. The maximum Gasteiger partial charge on any atom is 0.311 e. The number of anilines is 1. The Bertz CT molecular complexity index is 455. The van der Waals surface area contributed by atoms with E-state index < -0.39 is 4.92 Å².